The van der Waals surface area contributed by atoms with Crippen molar-refractivity contribution in [2.45, 2.75) is 26.3 Å². The summed E-state index contributed by atoms with van der Waals surface area (Å²) in [6.45, 7) is 4.38. The third kappa shape index (κ3) is 3.79. The molecule has 2 rings (SSSR count). The third-order valence-corrected chi connectivity index (χ3v) is 4.58. The zero-order valence-electron chi connectivity index (χ0n) is 11.8. The molecule has 0 aliphatic carbocycles. The summed E-state index contributed by atoms with van der Waals surface area (Å²) in [5.74, 6) is 2.33. The number of nitrogens with two attached hydrogens (primary N) is 1. The van der Waals surface area contributed by atoms with Gasteiger partial charge in [-0.05, 0) is 43.0 Å². The zero-order chi connectivity index (χ0) is 14.5. The maximum atomic E-state index is 6.09. The Labute approximate surface area is 132 Å². The molecule has 1 unspecified atom stereocenters. The molecule has 1 atom stereocenters. The second kappa shape index (κ2) is 7.18. The highest BCUT2D eigenvalue weighted by Gasteiger charge is 2.10. The summed E-state index contributed by atoms with van der Waals surface area (Å²) in [5, 5.41) is 4.60. The number of hydrogen-bond acceptors (Lipinski definition) is 4. The Balaban J connectivity index is 2.23. The van der Waals surface area contributed by atoms with Crippen LogP contribution in [0.1, 0.15) is 20.3 Å². The second-order valence-corrected chi connectivity index (χ2v) is 7.09. The van der Waals surface area contributed by atoms with Gasteiger partial charge in [-0.25, -0.2) is 0 Å². The van der Waals surface area contributed by atoms with Crippen LogP contribution in [-0.2, 0) is 0 Å². The molecule has 20 heavy (non-hydrogen) atoms. The molecule has 1 aromatic heterocycles. The van der Waals surface area contributed by atoms with Crippen LogP contribution < -0.4 is 11.1 Å². The fourth-order valence-electron chi connectivity index (χ4n) is 2.06. The number of aromatic nitrogens is 1. The second-order valence-electron chi connectivity index (χ2n) is 4.78. The van der Waals surface area contributed by atoms with E-state index < -0.39 is 0 Å². The van der Waals surface area contributed by atoms with Crippen LogP contribution in [0.5, 0.6) is 0 Å². The first kappa shape index (κ1) is 15.4. The van der Waals surface area contributed by atoms with Gasteiger partial charge in [-0.2, -0.15) is 11.8 Å². The fraction of sp³-hybridized carbons (Fsp3) is 0.400. The van der Waals surface area contributed by atoms with Gasteiger partial charge >= 0.3 is 0 Å². The van der Waals surface area contributed by atoms with Crippen molar-refractivity contribution >= 4 is 50.0 Å². The third-order valence-electron chi connectivity index (χ3n) is 3.15. The number of halogens is 1. The quantitative estimate of drug-likeness (QED) is 0.749. The van der Waals surface area contributed by atoms with Gasteiger partial charge in [-0.15, -0.1) is 0 Å². The Morgan fingerprint density at radius 3 is 3.00 bits per heavy atom. The number of hydrogen-bond donors (Lipinski definition) is 2. The molecular weight excluding hydrogens is 334 g/mol. The summed E-state index contributed by atoms with van der Waals surface area (Å²) < 4.78 is 1.04. The van der Waals surface area contributed by atoms with Crippen molar-refractivity contribution in [2.75, 3.05) is 22.6 Å². The number of thioether (sulfide) groups is 1. The van der Waals surface area contributed by atoms with Gasteiger partial charge in [-0.1, -0.05) is 22.9 Å². The van der Waals surface area contributed by atoms with Crippen molar-refractivity contribution in [2.24, 2.45) is 0 Å². The molecule has 1 aromatic carbocycles. The summed E-state index contributed by atoms with van der Waals surface area (Å²) in [7, 11) is 0. The normalized spacial score (nSPS) is 12.6. The van der Waals surface area contributed by atoms with E-state index >= 15 is 0 Å². The van der Waals surface area contributed by atoms with Crippen LogP contribution in [0.25, 0.3) is 10.9 Å². The Morgan fingerprint density at radius 2 is 2.25 bits per heavy atom. The minimum atomic E-state index is 0.390. The summed E-state index contributed by atoms with van der Waals surface area (Å²) in [6.07, 6.45) is 2.85. The Kier molecular flexibility index (Phi) is 5.54. The van der Waals surface area contributed by atoms with E-state index in [0.717, 1.165) is 33.2 Å². The first-order valence-electron chi connectivity index (χ1n) is 6.79. The van der Waals surface area contributed by atoms with Crippen molar-refractivity contribution in [3.8, 4) is 0 Å². The largest absolute Gasteiger partial charge is 0.396 e. The van der Waals surface area contributed by atoms with Crippen LogP contribution in [0.4, 0.5) is 11.4 Å². The highest BCUT2D eigenvalue weighted by atomic mass is 79.9. The van der Waals surface area contributed by atoms with Gasteiger partial charge in [0, 0.05) is 15.9 Å². The lowest BCUT2D eigenvalue weighted by molar-refractivity contribution is 0.773. The molecule has 0 aliphatic heterocycles. The predicted octanol–water partition coefficient (Wildman–Crippen LogP) is 4.52. The number of anilines is 2. The fourth-order valence-corrected chi connectivity index (χ4v) is 3.23. The van der Waals surface area contributed by atoms with Crippen LogP contribution in [0.3, 0.4) is 0 Å². The molecule has 5 heteroatoms. The Bertz CT molecular complexity index is 583. The Hall–Kier alpha value is -0.940. The average Bonchev–Trinajstić information content (AvgIpc) is 2.42. The highest BCUT2D eigenvalue weighted by molar-refractivity contribution is 9.10. The van der Waals surface area contributed by atoms with Gasteiger partial charge < -0.3 is 11.1 Å². The van der Waals surface area contributed by atoms with Gasteiger partial charge in [0.2, 0.25) is 0 Å². The number of pyridine rings is 1. The minimum Gasteiger partial charge on any atom is -0.396 e. The van der Waals surface area contributed by atoms with Crippen molar-refractivity contribution in [1.29, 1.82) is 0 Å². The van der Waals surface area contributed by atoms with E-state index in [1.54, 1.807) is 6.20 Å². The zero-order valence-corrected chi connectivity index (χ0v) is 14.2. The molecule has 0 fully saturated rings. The molecule has 0 spiro atoms. The van der Waals surface area contributed by atoms with Crippen molar-refractivity contribution < 1.29 is 0 Å². The van der Waals surface area contributed by atoms with Gasteiger partial charge in [0.25, 0.3) is 0 Å². The molecule has 0 aliphatic rings. The van der Waals surface area contributed by atoms with Crippen molar-refractivity contribution in [3.63, 3.8) is 0 Å². The molecule has 3 nitrogen and oxygen atoms in total. The summed E-state index contributed by atoms with van der Waals surface area (Å²) in [6, 6.07) is 6.45. The van der Waals surface area contributed by atoms with Crippen LogP contribution in [-0.4, -0.2) is 22.5 Å². The van der Waals surface area contributed by atoms with E-state index in [9.17, 15) is 0 Å². The standard InChI is InChI=1S/C15H20BrN3S/c1-3-20-7-6-10(2)19-15-12-8-11(16)4-5-14(12)18-9-13(15)17/h4-5,8-10H,3,6-7,17H2,1-2H3,(H,18,19). The molecule has 0 bridgehead atoms. The van der Waals surface area contributed by atoms with Crippen LogP contribution in [0.15, 0.2) is 28.9 Å². The molecule has 0 radical (unpaired) electrons. The maximum Gasteiger partial charge on any atom is 0.0743 e. The molecule has 2 aromatic rings. The van der Waals surface area contributed by atoms with Gasteiger partial charge in [0.1, 0.15) is 0 Å². The number of benzene rings is 1. The SMILES string of the molecule is CCSCCC(C)Nc1c(N)cnc2ccc(Br)cc12. The summed E-state index contributed by atoms with van der Waals surface area (Å²) in [4.78, 5) is 4.38. The number of nitrogens with zero attached hydrogens (tertiary/aromatic N) is 1. The van der Waals surface area contributed by atoms with Gasteiger partial charge in [-0.3, -0.25) is 4.98 Å². The number of rotatable bonds is 6. The van der Waals surface area contributed by atoms with Crippen molar-refractivity contribution in [3.05, 3.63) is 28.9 Å². The molecule has 108 valence electrons. The van der Waals surface area contributed by atoms with Crippen LogP contribution >= 0.6 is 27.7 Å². The van der Waals surface area contributed by atoms with Crippen LogP contribution in [0.2, 0.25) is 0 Å². The van der Waals surface area contributed by atoms with E-state index in [1.807, 2.05) is 23.9 Å². The minimum absolute atomic E-state index is 0.390. The first-order valence-corrected chi connectivity index (χ1v) is 8.74. The van der Waals surface area contributed by atoms with Crippen LogP contribution in [0, 0.1) is 0 Å². The van der Waals surface area contributed by atoms with E-state index in [0.29, 0.717) is 11.7 Å². The number of nitrogens with one attached hydrogen (secondary N) is 1. The monoisotopic (exact) mass is 353 g/mol. The van der Waals surface area contributed by atoms with Gasteiger partial charge in [0.15, 0.2) is 0 Å². The van der Waals surface area contributed by atoms with E-state index in [4.69, 9.17) is 5.73 Å². The van der Waals surface area contributed by atoms with Gasteiger partial charge in [0.05, 0.1) is 23.1 Å². The summed E-state index contributed by atoms with van der Waals surface area (Å²) >= 11 is 5.48. The van der Waals surface area contributed by atoms with E-state index in [-0.39, 0.29) is 0 Å². The highest BCUT2D eigenvalue weighted by Crippen LogP contribution is 2.30. The average molecular weight is 354 g/mol. The topological polar surface area (TPSA) is 50.9 Å². The lowest BCUT2D eigenvalue weighted by Crippen LogP contribution is -2.17. The first-order chi connectivity index (χ1) is 9.61. The summed E-state index contributed by atoms with van der Waals surface area (Å²) in [5.41, 5.74) is 8.74. The lowest BCUT2D eigenvalue weighted by Gasteiger charge is -2.18. The molecule has 1 heterocycles. The molecular formula is C15H20BrN3S. The maximum absolute atomic E-state index is 6.09. The molecule has 0 amide bonds. The van der Waals surface area contributed by atoms with E-state index in [2.05, 4.69) is 46.1 Å². The smallest absolute Gasteiger partial charge is 0.0743 e. The Morgan fingerprint density at radius 1 is 1.45 bits per heavy atom. The number of fused-ring (bicyclic) bond motifs is 1. The predicted molar refractivity (Wildman–Crippen MR) is 94.6 cm³/mol. The van der Waals surface area contributed by atoms with Crippen molar-refractivity contribution in [1.82, 2.24) is 4.98 Å². The van der Waals surface area contributed by atoms with E-state index in [1.165, 1.54) is 5.75 Å². The number of nitrogen functional groups attached to an aromatic ring is 1. The molecule has 3 N–H and O–H groups in total. The lowest BCUT2D eigenvalue weighted by atomic mass is 10.1. The molecule has 0 saturated heterocycles. The molecule has 0 saturated carbocycles.